The first-order chi connectivity index (χ1) is 20.4. The second-order valence-electron chi connectivity index (χ2n) is 10.2. The third-order valence-electron chi connectivity index (χ3n) is 8.17. The van der Waals surface area contributed by atoms with Gasteiger partial charge in [-0.25, -0.2) is 4.99 Å². The summed E-state index contributed by atoms with van der Waals surface area (Å²) in [6, 6.07) is 18.5. The van der Waals surface area contributed by atoms with Crippen LogP contribution in [0.15, 0.2) is 81.7 Å². The normalized spacial score (nSPS) is 17.3. The van der Waals surface area contributed by atoms with Crippen molar-refractivity contribution in [2.75, 3.05) is 31.6 Å². The monoisotopic (exact) mass is 580 g/mol. The fraction of sp³-hybridized carbons (Fsp3) is 0.273. The lowest BCUT2D eigenvalue weighted by atomic mass is 9.90. The van der Waals surface area contributed by atoms with Gasteiger partial charge in [-0.05, 0) is 50.6 Å². The second kappa shape index (κ2) is 10.7. The SMILES string of the molecule is CCN(CC)C(=O)C1=C(C)N=c2s/c(=C3\C(=O)N(CC)c4ccccc43)c(=O)n2[C@H]1c1c(OC)ccc2ccccc12. The number of rotatable bonds is 6. The van der Waals surface area contributed by atoms with Crippen LogP contribution in [0, 0.1) is 0 Å². The Morgan fingerprint density at radius 2 is 1.71 bits per heavy atom. The number of para-hydroxylation sites is 1. The number of thiazole rings is 1. The van der Waals surface area contributed by atoms with Crippen molar-refractivity contribution in [3.63, 3.8) is 0 Å². The van der Waals surface area contributed by atoms with Crippen LogP contribution >= 0.6 is 11.3 Å². The summed E-state index contributed by atoms with van der Waals surface area (Å²) in [5.41, 5.74) is 3.20. The molecule has 2 aliphatic rings. The smallest absolute Gasteiger partial charge is 0.271 e. The minimum atomic E-state index is -0.807. The summed E-state index contributed by atoms with van der Waals surface area (Å²) in [6.07, 6.45) is 0. The first-order valence-corrected chi connectivity index (χ1v) is 15.0. The van der Waals surface area contributed by atoms with E-state index in [0.29, 0.717) is 57.1 Å². The molecule has 1 aromatic heterocycles. The number of anilines is 1. The molecule has 0 bridgehead atoms. The highest BCUT2D eigenvalue weighted by Gasteiger charge is 2.38. The molecule has 0 radical (unpaired) electrons. The zero-order valence-electron chi connectivity index (χ0n) is 24.3. The number of fused-ring (bicyclic) bond motifs is 3. The first-order valence-electron chi connectivity index (χ1n) is 14.2. The zero-order valence-corrected chi connectivity index (χ0v) is 25.1. The average Bonchev–Trinajstić information content (AvgIpc) is 3.47. The highest BCUT2D eigenvalue weighted by molar-refractivity contribution is 7.07. The van der Waals surface area contributed by atoms with Gasteiger partial charge in [-0.2, -0.15) is 0 Å². The average molecular weight is 581 g/mol. The van der Waals surface area contributed by atoms with Gasteiger partial charge in [0.1, 0.15) is 16.3 Å². The summed E-state index contributed by atoms with van der Waals surface area (Å²) in [5, 5.41) is 1.83. The van der Waals surface area contributed by atoms with Crippen LogP contribution in [0.5, 0.6) is 5.75 Å². The highest BCUT2D eigenvalue weighted by Crippen LogP contribution is 2.41. The molecule has 1 atom stereocenters. The lowest BCUT2D eigenvalue weighted by Crippen LogP contribution is -2.43. The number of amides is 2. The summed E-state index contributed by atoms with van der Waals surface area (Å²) in [6.45, 7) is 9.11. The van der Waals surface area contributed by atoms with Gasteiger partial charge in [0.05, 0.1) is 29.6 Å². The Morgan fingerprint density at radius 1 is 1.00 bits per heavy atom. The van der Waals surface area contributed by atoms with E-state index in [1.54, 1.807) is 21.5 Å². The number of carbonyl (C=O) groups is 2. The van der Waals surface area contributed by atoms with Crippen molar-refractivity contribution < 1.29 is 14.3 Å². The van der Waals surface area contributed by atoms with E-state index in [1.807, 2.05) is 88.4 Å². The minimum Gasteiger partial charge on any atom is -0.496 e. The number of aromatic nitrogens is 1. The van der Waals surface area contributed by atoms with Crippen molar-refractivity contribution in [1.82, 2.24) is 9.47 Å². The molecule has 0 unspecified atom stereocenters. The molecule has 0 N–H and O–H groups in total. The van der Waals surface area contributed by atoms with Gasteiger partial charge in [-0.15, -0.1) is 0 Å². The predicted octanol–water partition coefficient (Wildman–Crippen LogP) is 4.00. The largest absolute Gasteiger partial charge is 0.496 e. The van der Waals surface area contributed by atoms with Gasteiger partial charge >= 0.3 is 0 Å². The number of nitrogens with zero attached hydrogens (tertiary/aromatic N) is 4. The topological polar surface area (TPSA) is 84.2 Å². The second-order valence-corrected chi connectivity index (χ2v) is 11.2. The molecule has 0 spiro atoms. The third-order valence-corrected chi connectivity index (χ3v) is 9.22. The van der Waals surface area contributed by atoms with E-state index in [-0.39, 0.29) is 17.4 Å². The maximum absolute atomic E-state index is 14.6. The van der Waals surface area contributed by atoms with E-state index in [9.17, 15) is 14.4 Å². The van der Waals surface area contributed by atoms with Crippen LogP contribution in [0.2, 0.25) is 0 Å². The van der Waals surface area contributed by atoms with Crippen LogP contribution in [0.25, 0.3) is 16.3 Å². The number of hydrogen-bond acceptors (Lipinski definition) is 6. The van der Waals surface area contributed by atoms with Gasteiger partial charge in [0.25, 0.3) is 17.4 Å². The molecule has 3 aromatic carbocycles. The molecule has 8 nitrogen and oxygen atoms in total. The van der Waals surface area contributed by atoms with E-state index < -0.39 is 6.04 Å². The standard InChI is InChI=1S/C33H32N4O4S/c1-6-35(7-2)30(38)25-19(4)34-33-37(28(25)26-21-14-10-9-13-20(21)17-18-24(26)41-5)32(40)29(42-33)27-22-15-11-12-16-23(22)36(8-3)31(27)39/h9-18,28H,6-8H2,1-5H3/b29-27-/t28-/m1/s1. The van der Waals surface area contributed by atoms with Gasteiger partial charge in [-0.3, -0.25) is 19.0 Å². The lowest BCUT2D eigenvalue weighted by Gasteiger charge is -2.30. The predicted molar refractivity (Wildman–Crippen MR) is 166 cm³/mol. The molecule has 0 saturated carbocycles. The molecular formula is C33H32N4O4S. The summed E-state index contributed by atoms with van der Waals surface area (Å²) in [7, 11) is 1.59. The highest BCUT2D eigenvalue weighted by atomic mass is 32.1. The summed E-state index contributed by atoms with van der Waals surface area (Å²) in [4.78, 5) is 51.2. The molecule has 0 aliphatic carbocycles. The van der Waals surface area contributed by atoms with Gasteiger partial charge in [-0.1, -0.05) is 59.9 Å². The van der Waals surface area contributed by atoms with Crippen molar-refractivity contribution in [3.8, 4) is 5.75 Å². The summed E-state index contributed by atoms with van der Waals surface area (Å²) >= 11 is 1.19. The third kappa shape index (κ3) is 4.02. The van der Waals surface area contributed by atoms with Crippen LogP contribution in [-0.2, 0) is 9.59 Å². The van der Waals surface area contributed by atoms with Crippen LogP contribution in [-0.4, -0.2) is 48.0 Å². The maximum atomic E-state index is 14.6. The molecule has 0 saturated heterocycles. The van der Waals surface area contributed by atoms with Gasteiger partial charge in [0, 0.05) is 30.8 Å². The van der Waals surface area contributed by atoms with E-state index >= 15 is 0 Å². The van der Waals surface area contributed by atoms with E-state index in [2.05, 4.69) is 0 Å². The van der Waals surface area contributed by atoms with Crippen LogP contribution in [0.3, 0.4) is 0 Å². The molecule has 3 heterocycles. The Morgan fingerprint density at radius 3 is 2.43 bits per heavy atom. The van der Waals surface area contributed by atoms with Crippen molar-refractivity contribution in [2.45, 2.75) is 33.7 Å². The van der Waals surface area contributed by atoms with E-state index in [4.69, 9.17) is 9.73 Å². The van der Waals surface area contributed by atoms with Crippen LogP contribution in [0.4, 0.5) is 5.69 Å². The molecule has 6 rings (SSSR count). The molecule has 214 valence electrons. The van der Waals surface area contributed by atoms with Crippen molar-refractivity contribution in [1.29, 1.82) is 0 Å². The summed E-state index contributed by atoms with van der Waals surface area (Å²) < 4.78 is 7.78. The first kappa shape index (κ1) is 27.7. The van der Waals surface area contributed by atoms with Crippen LogP contribution < -0.4 is 24.5 Å². The molecule has 42 heavy (non-hydrogen) atoms. The molecule has 2 aliphatic heterocycles. The molecule has 2 amide bonds. The minimum absolute atomic E-state index is 0.182. The van der Waals surface area contributed by atoms with Crippen molar-refractivity contribution in [3.05, 3.63) is 103 Å². The Bertz CT molecular complexity index is 1980. The molecule has 0 fully saturated rings. The van der Waals surface area contributed by atoms with Gasteiger partial charge in [0.15, 0.2) is 4.80 Å². The van der Waals surface area contributed by atoms with Crippen molar-refractivity contribution in [2.24, 2.45) is 4.99 Å². The quantitative estimate of drug-likeness (QED) is 0.345. The Balaban J connectivity index is 1.73. The van der Waals surface area contributed by atoms with E-state index in [0.717, 1.165) is 22.0 Å². The zero-order chi connectivity index (χ0) is 29.7. The number of methoxy groups -OCH3 is 1. The van der Waals surface area contributed by atoms with Gasteiger partial charge in [0.2, 0.25) is 0 Å². The number of benzene rings is 3. The number of allylic oxidation sites excluding steroid dienone is 1. The van der Waals surface area contributed by atoms with Crippen LogP contribution in [0.1, 0.15) is 44.9 Å². The lowest BCUT2D eigenvalue weighted by molar-refractivity contribution is -0.127. The number of carbonyl (C=O) groups excluding carboxylic acids is 2. The van der Waals surface area contributed by atoms with E-state index in [1.165, 1.54) is 11.3 Å². The molecule has 9 heteroatoms. The molecular weight excluding hydrogens is 548 g/mol. The molecule has 4 aromatic rings. The summed E-state index contributed by atoms with van der Waals surface area (Å²) in [5.74, 6) is 0.174. The Labute approximate surface area is 247 Å². The number of ether oxygens (including phenoxy) is 1. The Kier molecular flexibility index (Phi) is 7.06. The fourth-order valence-electron chi connectivity index (χ4n) is 6.15. The van der Waals surface area contributed by atoms with Gasteiger partial charge < -0.3 is 14.5 Å². The number of hydrogen-bond donors (Lipinski definition) is 0. The Hall–Kier alpha value is -4.50. The maximum Gasteiger partial charge on any atom is 0.271 e. The number of likely N-dealkylation sites (N-methyl/N-ethyl adjacent to an activating group) is 2. The fourth-order valence-corrected chi connectivity index (χ4v) is 7.29. The van der Waals surface area contributed by atoms with Crippen molar-refractivity contribution >= 4 is 45.2 Å².